The molecule has 35 heavy (non-hydrogen) atoms. The number of aromatic nitrogens is 4. The van der Waals surface area contributed by atoms with Gasteiger partial charge in [0.1, 0.15) is 5.60 Å². The molecule has 2 unspecified atom stereocenters. The number of ether oxygens (including phenoxy) is 1. The maximum Gasteiger partial charge on any atom is 0.413 e. The minimum Gasteiger partial charge on any atom is -0.444 e. The third kappa shape index (κ3) is 12.0. The molecule has 0 saturated heterocycles. The fourth-order valence-corrected chi connectivity index (χ4v) is 3.57. The average molecular weight is 516 g/mol. The van der Waals surface area contributed by atoms with Crippen molar-refractivity contribution >= 4 is 34.8 Å². The zero-order valence-electron chi connectivity index (χ0n) is 22.9. The second-order valence-corrected chi connectivity index (χ2v) is 9.79. The molecule has 3 rings (SSSR count). The molecule has 0 bridgehead atoms. The topological polar surface area (TPSA) is 143 Å². The second kappa shape index (κ2) is 15.2. The number of carbonyl (C=O) groups is 1. The molecule has 202 valence electrons. The normalized spacial score (nSPS) is 17.3. The summed E-state index contributed by atoms with van der Waals surface area (Å²) in [6.07, 6.45) is 5.93. The van der Waals surface area contributed by atoms with Crippen LogP contribution in [0.3, 0.4) is 0 Å². The van der Waals surface area contributed by atoms with Gasteiger partial charge in [0.05, 0.1) is 6.33 Å². The summed E-state index contributed by atoms with van der Waals surface area (Å²) in [7, 11) is 0. The minimum atomic E-state index is -1.50. The third-order valence-corrected chi connectivity index (χ3v) is 4.92. The maximum atomic E-state index is 12.2. The smallest absolute Gasteiger partial charge is 0.413 e. The second-order valence-electron chi connectivity index (χ2n) is 9.02. The van der Waals surface area contributed by atoms with Crippen molar-refractivity contribution in [3.05, 3.63) is 6.33 Å². The SMILES string of the molecule is CC.CC.CC(C)(O)O.CSc1nc(NC(=O)OC(C)(C)C)c2ncn(C3CCC(CO)C3)c2n1. The molecule has 0 aliphatic heterocycles. The van der Waals surface area contributed by atoms with Gasteiger partial charge in [-0.15, -0.1) is 0 Å². The Morgan fingerprint density at radius 2 is 1.71 bits per heavy atom. The molecular weight excluding hydrogens is 470 g/mol. The van der Waals surface area contributed by atoms with Crippen molar-refractivity contribution in [1.29, 1.82) is 0 Å². The largest absolute Gasteiger partial charge is 0.444 e. The third-order valence-electron chi connectivity index (χ3n) is 4.37. The summed E-state index contributed by atoms with van der Waals surface area (Å²) in [5.41, 5.74) is 0.640. The van der Waals surface area contributed by atoms with Crippen LogP contribution in [0.2, 0.25) is 0 Å². The summed E-state index contributed by atoms with van der Waals surface area (Å²) < 4.78 is 7.35. The number of imidazole rings is 1. The lowest BCUT2D eigenvalue weighted by Crippen LogP contribution is -2.27. The number of aliphatic hydroxyl groups excluding tert-OH is 1. The Bertz CT molecular complexity index is 887. The van der Waals surface area contributed by atoms with Gasteiger partial charge in [0, 0.05) is 12.6 Å². The lowest BCUT2D eigenvalue weighted by Gasteiger charge is -2.19. The molecule has 10 nitrogen and oxygen atoms in total. The van der Waals surface area contributed by atoms with Gasteiger partial charge >= 0.3 is 6.09 Å². The van der Waals surface area contributed by atoms with Crippen LogP contribution in [-0.2, 0) is 4.74 Å². The van der Waals surface area contributed by atoms with Gasteiger partial charge in [-0.3, -0.25) is 5.32 Å². The maximum absolute atomic E-state index is 12.2. The van der Waals surface area contributed by atoms with Crippen molar-refractivity contribution in [3.8, 4) is 0 Å². The zero-order chi connectivity index (χ0) is 27.4. The van der Waals surface area contributed by atoms with Crippen molar-refractivity contribution in [2.24, 2.45) is 5.92 Å². The summed E-state index contributed by atoms with van der Waals surface area (Å²) in [6, 6.07) is 0.246. The van der Waals surface area contributed by atoms with Gasteiger partial charge in [0.15, 0.2) is 27.9 Å². The van der Waals surface area contributed by atoms with Crippen LogP contribution in [0.15, 0.2) is 11.5 Å². The van der Waals surface area contributed by atoms with Crippen molar-refractivity contribution in [3.63, 3.8) is 0 Å². The molecule has 2 heterocycles. The van der Waals surface area contributed by atoms with Crippen molar-refractivity contribution in [2.75, 3.05) is 18.2 Å². The Morgan fingerprint density at radius 3 is 2.17 bits per heavy atom. The molecule has 1 amide bonds. The molecular formula is C24H45N5O5S. The van der Waals surface area contributed by atoms with Gasteiger partial charge < -0.3 is 24.6 Å². The highest BCUT2D eigenvalue weighted by Gasteiger charge is 2.28. The van der Waals surface area contributed by atoms with E-state index in [4.69, 9.17) is 14.9 Å². The van der Waals surface area contributed by atoms with Crippen LogP contribution < -0.4 is 5.32 Å². The predicted octanol–water partition coefficient (Wildman–Crippen LogP) is 4.99. The summed E-state index contributed by atoms with van der Waals surface area (Å²) in [4.78, 5) is 25.6. The number of carbonyl (C=O) groups excluding carboxylic acids is 1. The minimum absolute atomic E-state index is 0.208. The predicted molar refractivity (Wildman–Crippen MR) is 142 cm³/mol. The van der Waals surface area contributed by atoms with E-state index in [9.17, 15) is 9.90 Å². The summed E-state index contributed by atoms with van der Waals surface area (Å²) in [5, 5.41) is 28.8. The number of fused-ring (bicyclic) bond motifs is 1. The number of aliphatic hydroxyl groups is 3. The van der Waals surface area contributed by atoms with Gasteiger partial charge in [-0.2, -0.15) is 0 Å². The van der Waals surface area contributed by atoms with Crippen LogP contribution in [0.1, 0.15) is 87.6 Å². The Hall–Kier alpha value is -1.95. The van der Waals surface area contributed by atoms with Crippen LogP contribution in [0, 0.1) is 5.92 Å². The number of thioether (sulfide) groups is 1. The number of amides is 1. The van der Waals surface area contributed by atoms with Gasteiger partial charge in [0.2, 0.25) is 0 Å². The molecule has 4 N–H and O–H groups in total. The molecule has 0 aromatic carbocycles. The van der Waals surface area contributed by atoms with Crippen LogP contribution in [0.5, 0.6) is 0 Å². The van der Waals surface area contributed by atoms with E-state index in [-0.39, 0.29) is 12.6 Å². The number of nitrogens with zero attached hydrogens (tertiary/aromatic N) is 4. The molecule has 11 heteroatoms. The Kier molecular flexibility index (Phi) is 14.4. The lowest BCUT2D eigenvalue weighted by atomic mass is 10.1. The van der Waals surface area contributed by atoms with Crippen molar-refractivity contribution in [1.82, 2.24) is 19.5 Å². The fraction of sp³-hybridized carbons (Fsp3) is 0.750. The first-order valence-electron chi connectivity index (χ1n) is 12.1. The quantitative estimate of drug-likeness (QED) is 0.251. The average Bonchev–Trinajstić information content (AvgIpc) is 3.40. The van der Waals surface area contributed by atoms with E-state index in [2.05, 4.69) is 20.3 Å². The first kappa shape index (κ1) is 33.0. The van der Waals surface area contributed by atoms with E-state index in [0.717, 1.165) is 19.3 Å². The van der Waals surface area contributed by atoms with Gasteiger partial charge in [0.25, 0.3) is 0 Å². The standard InChI is InChI=1S/C17H25N5O3S.C3H8O2.2C2H6/c1-17(2,3)25-16(24)20-13-12-14(21-15(19-13)26-4)22(9-18-12)11-6-5-10(7-11)8-23;1-3(2,4)5;2*1-2/h9-11,23H,5-8H2,1-4H3,(H,19,20,21,24);4-5H,1-2H3;2*1-2H3. The van der Waals surface area contributed by atoms with E-state index in [1.807, 2.05) is 59.3 Å². The summed E-state index contributed by atoms with van der Waals surface area (Å²) >= 11 is 1.40. The zero-order valence-corrected chi connectivity index (χ0v) is 23.7. The fourth-order valence-electron chi connectivity index (χ4n) is 3.21. The molecule has 1 fully saturated rings. The molecule has 2 atom stereocenters. The lowest BCUT2D eigenvalue weighted by molar-refractivity contribution is -0.127. The Balaban J connectivity index is 0.00000112. The van der Waals surface area contributed by atoms with Gasteiger partial charge in [-0.1, -0.05) is 39.5 Å². The number of rotatable bonds is 4. The first-order valence-corrected chi connectivity index (χ1v) is 13.4. The highest BCUT2D eigenvalue weighted by Crippen LogP contribution is 2.36. The summed E-state index contributed by atoms with van der Waals surface area (Å²) in [6.45, 7) is 16.2. The van der Waals surface area contributed by atoms with E-state index in [1.54, 1.807) is 6.33 Å². The monoisotopic (exact) mass is 515 g/mol. The number of hydrogen-bond donors (Lipinski definition) is 4. The number of anilines is 1. The molecule has 2 aromatic rings. The van der Waals surface area contributed by atoms with Crippen LogP contribution in [0.4, 0.5) is 10.6 Å². The van der Waals surface area contributed by atoms with E-state index in [0.29, 0.717) is 28.1 Å². The van der Waals surface area contributed by atoms with Gasteiger partial charge in [-0.25, -0.2) is 19.7 Å². The van der Waals surface area contributed by atoms with Gasteiger partial charge in [-0.05, 0) is 66.1 Å². The van der Waals surface area contributed by atoms with Crippen LogP contribution >= 0.6 is 11.8 Å². The van der Waals surface area contributed by atoms with E-state index >= 15 is 0 Å². The highest BCUT2D eigenvalue weighted by atomic mass is 32.2. The van der Waals surface area contributed by atoms with Crippen LogP contribution in [0.25, 0.3) is 11.2 Å². The number of hydrogen-bond acceptors (Lipinski definition) is 9. The van der Waals surface area contributed by atoms with E-state index < -0.39 is 17.5 Å². The molecule has 1 aliphatic rings. The molecule has 1 aliphatic carbocycles. The molecule has 0 radical (unpaired) electrons. The molecule has 1 saturated carbocycles. The Labute approximate surface area is 213 Å². The first-order chi connectivity index (χ1) is 16.3. The molecule has 0 spiro atoms. The number of nitrogens with one attached hydrogen (secondary N) is 1. The van der Waals surface area contributed by atoms with Crippen molar-refractivity contribution in [2.45, 2.75) is 104 Å². The summed E-state index contributed by atoms with van der Waals surface area (Å²) in [5.74, 6) is -0.831. The molecule has 2 aromatic heterocycles. The Morgan fingerprint density at radius 1 is 1.14 bits per heavy atom. The van der Waals surface area contributed by atoms with Crippen LogP contribution in [-0.4, -0.2) is 65.2 Å². The van der Waals surface area contributed by atoms with Crippen molar-refractivity contribution < 1.29 is 24.9 Å². The highest BCUT2D eigenvalue weighted by molar-refractivity contribution is 7.98. The van der Waals surface area contributed by atoms with E-state index in [1.165, 1.54) is 25.6 Å².